The van der Waals surface area contributed by atoms with Gasteiger partial charge in [-0.25, -0.2) is 0 Å². The molecule has 3 aromatic rings. The third kappa shape index (κ3) is 3.08. The first-order chi connectivity index (χ1) is 12.3. The summed E-state index contributed by atoms with van der Waals surface area (Å²) >= 11 is 3.06. The molecule has 0 aliphatic carbocycles. The zero-order chi connectivity index (χ0) is 19.0. The van der Waals surface area contributed by atoms with Crippen LogP contribution in [0.2, 0.25) is 0 Å². The van der Waals surface area contributed by atoms with Crippen molar-refractivity contribution in [1.82, 2.24) is 0 Å². The number of benzene rings is 2. The van der Waals surface area contributed by atoms with Gasteiger partial charge in [-0.3, -0.25) is 20.2 Å². The molecule has 0 fully saturated rings. The molecule has 0 amide bonds. The van der Waals surface area contributed by atoms with Gasteiger partial charge in [-0.15, -0.1) is 11.3 Å². The number of nitro benzene ring substituents is 2. The highest BCUT2D eigenvalue weighted by atomic mass is 127. The average molecular weight is 483 g/mol. The van der Waals surface area contributed by atoms with E-state index in [9.17, 15) is 25.3 Å². The maximum absolute atomic E-state index is 11.4. The normalized spacial score (nSPS) is 10.7. The molecule has 3 rings (SSSR count). The maximum Gasteiger partial charge on any atom is 0.354 e. The van der Waals surface area contributed by atoms with Gasteiger partial charge in [0.05, 0.1) is 30.9 Å². The molecule has 10 heteroatoms. The number of nitrogen functional groups attached to an aromatic ring is 1. The molecule has 0 saturated heterocycles. The molecule has 1 heterocycles. The predicted molar refractivity (Wildman–Crippen MR) is 107 cm³/mol. The fraction of sp³-hybridized carbons (Fsp3) is 0. The molecular weight excluding hydrogens is 473 g/mol. The van der Waals surface area contributed by atoms with E-state index < -0.39 is 21.2 Å². The van der Waals surface area contributed by atoms with Gasteiger partial charge in [0.2, 0.25) is 0 Å². The van der Waals surface area contributed by atoms with Crippen LogP contribution in [0.15, 0.2) is 42.5 Å². The molecule has 0 unspecified atom stereocenters. The standard InChI is InChI=1S/C16H10IN3O5S/c17-9-4-1-3-8(7-9)12-14(21)15(26-16(12)18)10-5-2-6-11(19(22)23)13(10)20(24)25/h1-7,21H,18H2. The minimum Gasteiger partial charge on any atom is -0.506 e. The number of thiophene rings is 1. The first-order valence-corrected chi connectivity index (χ1v) is 9.00. The van der Waals surface area contributed by atoms with Gasteiger partial charge in [-0.05, 0) is 46.4 Å². The molecule has 0 atom stereocenters. The van der Waals surface area contributed by atoms with Crippen molar-refractivity contribution >= 4 is 50.3 Å². The highest BCUT2D eigenvalue weighted by Gasteiger charge is 2.32. The van der Waals surface area contributed by atoms with Gasteiger partial charge in [-0.2, -0.15) is 0 Å². The number of para-hydroxylation sites is 1. The molecule has 0 aliphatic heterocycles. The summed E-state index contributed by atoms with van der Waals surface area (Å²) in [5.74, 6) is -0.238. The van der Waals surface area contributed by atoms with Gasteiger partial charge in [0.25, 0.3) is 0 Å². The van der Waals surface area contributed by atoms with Gasteiger partial charge in [0.15, 0.2) is 0 Å². The predicted octanol–water partition coefficient (Wildman–Crippen LogP) is 4.79. The molecule has 3 N–H and O–H groups in total. The molecule has 0 radical (unpaired) electrons. The number of rotatable bonds is 4. The Morgan fingerprint density at radius 3 is 2.38 bits per heavy atom. The summed E-state index contributed by atoms with van der Waals surface area (Å²) < 4.78 is 0.924. The van der Waals surface area contributed by atoms with Crippen molar-refractivity contribution in [2.45, 2.75) is 0 Å². The van der Waals surface area contributed by atoms with Crippen molar-refractivity contribution in [2.75, 3.05) is 5.73 Å². The van der Waals surface area contributed by atoms with Crippen molar-refractivity contribution in [2.24, 2.45) is 0 Å². The lowest BCUT2D eigenvalue weighted by Gasteiger charge is -2.04. The van der Waals surface area contributed by atoms with Gasteiger partial charge in [0.1, 0.15) is 5.75 Å². The summed E-state index contributed by atoms with van der Waals surface area (Å²) in [6, 6.07) is 11.0. The Morgan fingerprint density at radius 2 is 1.77 bits per heavy atom. The Kier molecular flexibility index (Phi) is 4.78. The second-order valence-electron chi connectivity index (χ2n) is 5.22. The van der Waals surface area contributed by atoms with Crippen LogP contribution in [0.1, 0.15) is 0 Å². The molecule has 0 aliphatic rings. The zero-order valence-electron chi connectivity index (χ0n) is 12.9. The van der Waals surface area contributed by atoms with Crippen LogP contribution < -0.4 is 5.73 Å². The Labute approximate surface area is 164 Å². The van der Waals surface area contributed by atoms with E-state index in [1.807, 2.05) is 12.1 Å². The smallest absolute Gasteiger partial charge is 0.354 e. The van der Waals surface area contributed by atoms with Gasteiger partial charge in [-0.1, -0.05) is 18.2 Å². The fourth-order valence-corrected chi connectivity index (χ4v) is 4.15. The molecular formula is C16H10IN3O5S. The van der Waals surface area contributed by atoms with Crippen molar-refractivity contribution in [1.29, 1.82) is 0 Å². The Bertz CT molecular complexity index is 1050. The van der Waals surface area contributed by atoms with Crippen LogP contribution >= 0.6 is 33.9 Å². The van der Waals surface area contributed by atoms with Crippen LogP contribution in [0.4, 0.5) is 16.4 Å². The fourth-order valence-electron chi connectivity index (χ4n) is 2.60. The van der Waals surface area contributed by atoms with E-state index in [0.717, 1.165) is 21.0 Å². The lowest BCUT2D eigenvalue weighted by atomic mass is 10.0. The van der Waals surface area contributed by atoms with E-state index in [1.165, 1.54) is 12.1 Å². The third-order valence-corrected chi connectivity index (χ3v) is 5.37. The lowest BCUT2D eigenvalue weighted by molar-refractivity contribution is -0.422. The zero-order valence-corrected chi connectivity index (χ0v) is 15.9. The second kappa shape index (κ2) is 6.88. The van der Waals surface area contributed by atoms with Crippen molar-refractivity contribution in [3.05, 3.63) is 66.3 Å². The Morgan fingerprint density at radius 1 is 1.08 bits per heavy atom. The molecule has 0 spiro atoms. The maximum atomic E-state index is 11.4. The summed E-state index contributed by atoms with van der Waals surface area (Å²) in [4.78, 5) is 21.0. The number of hydrogen-bond acceptors (Lipinski definition) is 7. The average Bonchev–Trinajstić information content (AvgIpc) is 2.88. The Balaban J connectivity index is 2.28. The van der Waals surface area contributed by atoms with E-state index in [-0.39, 0.29) is 21.2 Å². The SMILES string of the molecule is Nc1sc(-c2cccc([N+](=O)[O-])c2[N+](=O)[O-])c(O)c1-c1cccc(I)c1. The molecule has 0 saturated carbocycles. The van der Waals surface area contributed by atoms with Crippen LogP contribution in [-0.4, -0.2) is 15.0 Å². The number of nitrogens with zero attached hydrogens (tertiary/aromatic N) is 2. The van der Waals surface area contributed by atoms with E-state index in [2.05, 4.69) is 22.6 Å². The third-order valence-electron chi connectivity index (χ3n) is 3.66. The highest BCUT2D eigenvalue weighted by molar-refractivity contribution is 14.1. The van der Waals surface area contributed by atoms with Crippen molar-refractivity contribution in [3.8, 4) is 27.3 Å². The minimum atomic E-state index is -0.825. The number of halogens is 1. The molecule has 132 valence electrons. The molecule has 0 bridgehead atoms. The Hall–Kier alpha value is -2.73. The lowest BCUT2D eigenvalue weighted by Crippen LogP contribution is -1.98. The van der Waals surface area contributed by atoms with Gasteiger partial charge < -0.3 is 10.8 Å². The number of nitro groups is 2. The molecule has 1 aromatic heterocycles. The van der Waals surface area contributed by atoms with Crippen molar-refractivity contribution in [3.63, 3.8) is 0 Å². The van der Waals surface area contributed by atoms with Crippen LogP contribution in [-0.2, 0) is 0 Å². The monoisotopic (exact) mass is 483 g/mol. The first kappa shape index (κ1) is 18.1. The summed E-state index contributed by atoms with van der Waals surface area (Å²) in [5.41, 5.74) is 5.68. The second-order valence-corrected chi connectivity index (χ2v) is 7.51. The molecule has 26 heavy (non-hydrogen) atoms. The number of hydrogen-bond donors (Lipinski definition) is 2. The number of nitrogens with two attached hydrogens (primary N) is 1. The largest absolute Gasteiger partial charge is 0.506 e. The topological polar surface area (TPSA) is 133 Å². The van der Waals surface area contributed by atoms with Crippen LogP contribution in [0.5, 0.6) is 5.75 Å². The van der Waals surface area contributed by atoms with Crippen LogP contribution in [0.3, 0.4) is 0 Å². The van der Waals surface area contributed by atoms with E-state index >= 15 is 0 Å². The first-order valence-electron chi connectivity index (χ1n) is 7.10. The van der Waals surface area contributed by atoms with Crippen LogP contribution in [0.25, 0.3) is 21.6 Å². The summed E-state index contributed by atoms with van der Waals surface area (Å²) in [6.07, 6.45) is 0. The van der Waals surface area contributed by atoms with Gasteiger partial charge >= 0.3 is 11.4 Å². The summed E-state index contributed by atoms with van der Waals surface area (Å²) in [6.45, 7) is 0. The van der Waals surface area contributed by atoms with E-state index in [4.69, 9.17) is 5.73 Å². The highest BCUT2D eigenvalue weighted by Crippen LogP contribution is 2.52. The number of anilines is 1. The van der Waals surface area contributed by atoms with Crippen molar-refractivity contribution < 1.29 is 15.0 Å². The summed E-state index contributed by atoms with van der Waals surface area (Å²) in [7, 11) is 0. The summed E-state index contributed by atoms with van der Waals surface area (Å²) in [5, 5.41) is 33.5. The van der Waals surface area contributed by atoms with E-state index in [0.29, 0.717) is 11.1 Å². The number of aromatic hydroxyl groups is 1. The molecule has 8 nitrogen and oxygen atoms in total. The van der Waals surface area contributed by atoms with E-state index in [1.54, 1.807) is 12.1 Å². The minimum absolute atomic E-state index is 0.0460. The molecule has 2 aromatic carbocycles. The van der Waals surface area contributed by atoms with Crippen LogP contribution in [0, 0.1) is 23.8 Å². The quantitative estimate of drug-likeness (QED) is 0.312. The van der Waals surface area contributed by atoms with Gasteiger partial charge in [0, 0.05) is 9.64 Å².